The molecule has 1 aromatic heterocycles. The molecule has 0 aliphatic heterocycles. The van der Waals surface area contributed by atoms with Gasteiger partial charge in [-0.25, -0.2) is 18.7 Å². The van der Waals surface area contributed by atoms with Crippen molar-refractivity contribution < 1.29 is 13.0 Å². The number of aromatic nitrogens is 1. The fraction of sp³-hybridized carbons (Fsp3) is 0.235. The Bertz CT molecular complexity index is 772. The van der Waals surface area contributed by atoms with Gasteiger partial charge in [0.15, 0.2) is 11.7 Å². The van der Waals surface area contributed by atoms with Gasteiger partial charge in [0.05, 0.1) is 10.7 Å². The van der Waals surface area contributed by atoms with Gasteiger partial charge in [-0.3, -0.25) is 0 Å². The van der Waals surface area contributed by atoms with Crippen molar-refractivity contribution >= 4 is 16.6 Å². The summed E-state index contributed by atoms with van der Waals surface area (Å²) >= 11 is 0. The number of aryl methyl sites for hydroxylation is 1. The maximum atomic E-state index is 13.3. The minimum absolute atomic E-state index is 0.307. The minimum Gasteiger partial charge on any atom is -0.440 e. The molecule has 0 amide bonds. The summed E-state index contributed by atoms with van der Waals surface area (Å²) in [7, 11) is -1.53. The molecule has 23 heavy (non-hydrogen) atoms. The molecule has 6 heteroatoms. The molecule has 2 aromatic rings. The van der Waals surface area contributed by atoms with Gasteiger partial charge in [0.1, 0.15) is 16.7 Å². The van der Waals surface area contributed by atoms with E-state index in [4.69, 9.17) is 9.56 Å². The maximum absolute atomic E-state index is 13.3. The number of hydrogen-bond donors (Lipinski definition) is 1. The Morgan fingerprint density at radius 1 is 1.39 bits per heavy atom. The number of oxazole rings is 1. The van der Waals surface area contributed by atoms with E-state index in [0.717, 1.165) is 5.56 Å². The zero-order valence-corrected chi connectivity index (χ0v) is 14.1. The van der Waals surface area contributed by atoms with Crippen molar-refractivity contribution in [2.24, 2.45) is 5.14 Å². The average molecular weight is 334 g/mol. The highest BCUT2D eigenvalue weighted by Gasteiger charge is 2.17. The van der Waals surface area contributed by atoms with E-state index in [-0.39, 0.29) is 5.83 Å². The van der Waals surface area contributed by atoms with E-state index >= 15 is 0 Å². The predicted molar refractivity (Wildman–Crippen MR) is 90.4 cm³/mol. The van der Waals surface area contributed by atoms with Gasteiger partial charge in [0.25, 0.3) is 0 Å². The lowest BCUT2D eigenvalue weighted by atomic mass is 10.1. The van der Waals surface area contributed by atoms with E-state index in [2.05, 4.69) is 4.98 Å². The monoisotopic (exact) mass is 334 g/mol. The fourth-order valence-electron chi connectivity index (χ4n) is 2.15. The Hall–Kier alpha value is -2.05. The van der Waals surface area contributed by atoms with Gasteiger partial charge >= 0.3 is 0 Å². The summed E-state index contributed by atoms with van der Waals surface area (Å²) in [6, 6.07) is 6.88. The first kappa shape index (κ1) is 17.3. The van der Waals surface area contributed by atoms with Crippen LogP contribution in [0.5, 0.6) is 0 Å². The molecule has 4 nitrogen and oxygen atoms in total. The van der Waals surface area contributed by atoms with Crippen LogP contribution in [-0.4, -0.2) is 9.19 Å². The lowest BCUT2D eigenvalue weighted by Gasteiger charge is -2.03. The van der Waals surface area contributed by atoms with Crippen LogP contribution in [0.1, 0.15) is 32.4 Å². The van der Waals surface area contributed by atoms with Crippen LogP contribution in [0.4, 0.5) is 4.39 Å². The molecule has 1 atom stereocenters. The molecule has 1 unspecified atom stereocenters. The lowest BCUT2D eigenvalue weighted by molar-refractivity contribution is 0.513. The number of allylic oxidation sites excluding steroid dienone is 4. The van der Waals surface area contributed by atoms with Gasteiger partial charge in [-0.1, -0.05) is 13.0 Å². The summed E-state index contributed by atoms with van der Waals surface area (Å²) in [5.74, 6) is 0.825. The predicted octanol–water partition coefficient (Wildman–Crippen LogP) is 4.16. The topological polar surface area (TPSA) is 69.1 Å². The van der Waals surface area contributed by atoms with Crippen LogP contribution in [0.15, 0.2) is 51.6 Å². The van der Waals surface area contributed by atoms with Crippen molar-refractivity contribution in [1.82, 2.24) is 4.98 Å². The van der Waals surface area contributed by atoms with Crippen LogP contribution in [-0.2, 0) is 17.4 Å². The molecule has 1 heterocycles. The Morgan fingerprint density at radius 3 is 2.52 bits per heavy atom. The van der Waals surface area contributed by atoms with E-state index in [9.17, 15) is 8.60 Å². The lowest BCUT2D eigenvalue weighted by Crippen LogP contribution is -2.01. The first-order valence-electron chi connectivity index (χ1n) is 7.23. The van der Waals surface area contributed by atoms with Crippen LogP contribution in [0.3, 0.4) is 0 Å². The minimum atomic E-state index is -1.53. The van der Waals surface area contributed by atoms with Crippen molar-refractivity contribution in [3.05, 3.63) is 53.8 Å². The Balaban J connectivity index is 2.55. The molecule has 0 radical (unpaired) electrons. The number of benzene rings is 1. The smallest absolute Gasteiger partial charge is 0.195 e. The molecule has 122 valence electrons. The molecular formula is C17H19FN2O2S. The molecule has 0 saturated heterocycles. The third-order valence-corrected chi connectivity index (χ3v) is 4.00. The van der Waals surface area contributed by atoms with E-state index in [0.29, 0.717) is 34.2 Å². The number of nitrogens with zero attached hydrogens (tertiary/aromatic N) is 1. The summed E-state index contributed by atoms with van der Waals surface area (Å²) in [6.07, 6.45) is 3.84. The first-order valence-corrected chi connectivity index (χ1v) is 8.44. The number of rotatable bonds is 5. The van der Waals surface area contributed by atoms with E-state index < -0.39 is 11.0 Å². The van der Waals surface area contributed by atoms with Gasteiger partial charge in [0.2, 0.25) is 0 Å². The molecule has 0 saturated carbocycles. The van der Waals surface area contributed by atoms with Crippen LogP contribution in [0, 0.1) is 0 Å². The third kappa shape index (κ3) is 4.03. The molecular weight excluding hydrogens is 315 g/mol. The number of nitrogens with two attached hydrogens (primary N) is 1. The summed E-state index contributed by atoms with van der Waals surface area (Å²) in [6.45, 7) is 5.14. The van der Waals surface area contributed by atoms with Crippen LogP contribution in [0.2, 0.25) is 0 Å². The second-order valence-corrected chi connectivity index (χ2v) is 6.00. The molecule has 0 fully saturated rings. The van der Waals surface area contributed by atoms with Crippen molar-refractivity contribution in [2.45, 2.75) is 32.1 Å². The van der Waals surface area contributed by atoms with E-state index in [1.165, 1.54) is 13.0 Å². The summed E-state index contributed by atoms with van der Waals surface area (Å²) in [5, 5.41) is 5.36. The molecule has 0 spiro atoms. The van der Waals surface area contributed by atoms with Crippen LogP contribution < -0.4 is 5.14 Å². The highest BCUT2D eigenvalue weighted by molar-refractivity contribution is 7.82. The molecule has 1 aromatic carbocycles. The van der Waals surface area contributed by atoms with Crippen LogP contribution >= 0.6 is 0 Å². The van der Waals surface area contributed by atoms with Gasteiger partial charge in [-0.2, -0.15) is 0 Å². The second-order valence-electron chi connectivity index (χ2n) is 4.94. The third-order valence-electron chi connectivity index (χ3n) is 3.26. The molecule has 0 aliphatic carbocycles. The number of hydrogen-bond acceptors (Lipinski definition) is 3. The maximum Gasteiger partial charge on any atom is 0.195 e. The average Bonchev–Trinajstić information content (AvgIpc) is 2.96. The molecule has 0 aliphatic rings. The summed E-state index contributed by atoms with van der Waals surface area (Å²) in [5.41, 5.74) is 2.00. The molecule has 0 bridgehead atoms. The Morgan fingerprint density at radius 2 is 2.04 bits per heavy atom. The van der Waals surface area contributed by atoms with Gasteiger partial charge in [-0.05, 0) is 44.2 Å². The van der Waals surface area contributed by atoms with E-state index in [1.54, 1.807) is 30.3 Å². The zero-order chi connectivity index (χ0) is 17.0. The zero-order valence-electron chi connectivity index (χ0n) is 13.3. The van der Waals surface area contributed by atoms with Crippen LogP contribution in [0.25, 0.3) is 16.9 Å². The highest BCUT2D eigenvalue weighted by atomic mass is 32.2. The second kappa shape index (κ2) is 7.48. The van der Waals surface area contributed by atoms with E-state index in [1.807, 2.05) is 13.8 Å². The van der Waals surface area contributed by atoms with Gasteiger partial charge in [0, 0.05) is 17.6 Å². The van der Waals surface area contributed by atoms with Crippen molar-refractivity contribution in [1.29, 1.82) is 0 Å². The van der Waals surface area contributed by atoms with Gasteiger partial charge in [-0.15, -0.1) is 0 Å². The molecule has 2 rings (SSSR count). The van der Waals surface area contributed by atoms with Crippen molar-refractivity contribution in [3.63, 3.8) is 0 Å². The van der Waals surface area contributed by atoms with Crippen molar-refractivity contribution in [3.8, 4) is 11.3 Å². The summed E-state index contributed by atoms with van der Waals surface area (Å²) in [4.78, 5) is 4.98. The summed E-state index contributed by atoms with van der Waals surface area (Å²) < 4.78 is 30.4. The molecule has 2 N–H and O–H groups in total. The SMILES string of the molecule is C/C=C(\C=C(/C)F)c1nc(CC)oc1-c1ccc(S(N)=O)cc1. The Kier molecular flexibility index (Phi) is 5.63. The largest absolute Gasteiger partial charge is 0.440 e. The Labute approximate surface area is 137 Å². The quantitative estimate of drug-likeness (QED) is 0.835. The van der Waals surface area contributed by atoms with Crippen molar-refractivity contribution in [2.75, 3.05) is 0 Å². The standard InChI is InChI=1S/C17H19FN2O2S/c1-4-12(10-11(3)18)16-17(22-15(5-2)20-16)13-6-8-14(9-7-13)23(19)21/h4,6-10H,5,19H2,1-3H3/b11-10+,12-4+. The number of halogens is 1. The normalized spacial score (nSPS) is 14.1. The fourth-order valence-corrected chi connectivity index (χ4v) is 2.55. The van der Waals surface area contributed by atoms with Gasteiger partial charge < -0.3 is 4.42 Å². The highest BCUT2D eigenvalue weighted by Crippen LogP contribution is 2.31. The first-order chi connectivity index (χ1) is 11.0.